The fraction of sp³-hybridized carbons (Fsp3) is 0.316. The SMILES string of the molecule is BN1CCC(Oc2cccc(N3Cc4cccc(N=O)c4C3=O)c2)CC1. The van der Waals surface area contributed by atoms with E-state index >= 15 is 0 Å². The molecule has 0 atom stereocenters. The van der Waals surface area contributed by atoms with Crippen LogP contribution < -0.4 is 9.64 Å². The topological polar surface area (TPSA) is 62.2 Å². The summed E-state index contributed by atoms with van der Waals surface area (Å²) in [6.07, 6.45) is 2.21. The maximum absolute atomic E-state index is 12.8. The van der Waals surface area contributed by atoms with Gasteiger partial charge in [0.25, 0.3) is 5.91 Å². The van der Waals surface area contributed by atoms with Crippen molar-refractivity contribution in [1.82, 2.24) is 4.81 Å². The van der Waals surface area contributed by atoms with Crippen molar-refractivity contribution in [3.63, 3.8) is 0 Å². The smallest absolute Gasteiger partial charge is 0.261 e. The van der Waals surface area contributed by atoms with Crippen LogP contribution in [-0.2, 0) is 6.54 Å². The molecule has 0 N–H and O–H groups in total. The number of rotatable bonds is 4. The number of amides is 1. The van der Waals surface area contributed by atoms with Crippen molar-refractivity contribution in [3.8, 4) is 5.75 Å². The van der Waals surface area contributed by atoms with Gasteiger partial charge in [-0.1, -0.05) is 18.2 Å². The molecule has 0 radical (unpaired) electrons. The Kier molecular flexibility index (Phi) is 4.47. The van der Waals surface area contributed by atoms with Gasteiger partial charge in [-0.15, -0.1) is 4.91 Å². The van der Waals surface area contributed by atoms with E-state index in [0.29, 0.717) is 12.1 Å². The molecule has 2 aromatic rings. The van der Waals surface area contributed by atoms with Crippen LogP contribution in [0, 0.1) is 4.91 Å². The van der Waals surface area contributed by atoms with Crippen LogP contribution in [0.4, 0.5) is 11.4 Å². The van der Waals surface area contributed by atoms with Gasteiger partial charge in [0, 0.05) is 11.8 Å². The highest BCUT2D eigenvalue weighted by molar-refractivity contribution is 6.13. The number of nitrogens with zero attached hydrogens (tertiary/aromatic N) is 3. The van der Waals surface area contributed by atoms with E-state index in [1.807, 2.05) is 30.3 Å². The van der Waals surface area contributed by atoms with E-state index in [1.165, 1.54) is 0 Å². The van der Waals surface area contributed by atoms with E-state index in [2.05, 4.69) is 18.0 Å². The van der Waals surface area contributed by atoms with Gasteiger partial charge < -0.3 is 14.4 Å². The van der Waals surface area contributed by atoms with Crippen molar-refractivity contribution in [2.75, 3.05) is 18.0 Å². The highest BCUT2D eigenvalue weighted by Gasteiger charge is 2.31. The van der Waals surface area contributed by atoms with Gasteiger partial charge >= 0.3 is 0 Å². The van der Waals surface area contributed by atoms with Crippen molar-refractivity contribution in [1.29, 1.82) is 0 Å². The van der Waals surface area contributed by atoms with E-state index in [1.54, 1.807) is 17.0 Å². The first kappa shape index (κ1) is 16.8. The summed E-state index contributed by atoms with van der Waals surface area (Å²) >= 11 is 0. The molecule has 0 saturated carbocycles. The summed E-state index contributed by atoms with van der Waals surface area (Å²) in [5.74, 6) is 0.584. The maximum atomic E-state index is 12.8. The largest absolute Gasteiger partial charge is 0.490 e. The first-order valence-electron chi connectivity index (χ1n) is 8.88. The highest BCUT2D eigenvalue weighted by Crippen LogP contribution is 2.35. The Hall–Kier alpha value is -2.67. The molecule has 0 aliphatic carbocycles. The average Bonchev–Trinajstić information content (AvgIpc) is 3.01. The minimum Gasteiger partial charge on any atom is -0.490 e. The Morgan fingerprint density at radius 2 is 1.88 bits per heavy atom. The predicted octanol–water partition coefficient (Wildman–Crippen LogP) is 2.64. The molecule has 7 heteroatoms. The molecular weight excluding hydrogens is 329 g/mol. The van der Waals surface area contributed by atoms with Crippen LogP contribution in [-0.4, -0.2) is 37.9 Å². The van der Waals surface area contributed by atoms with Gasteiger partial charge in [-0.2, -0.15) is 0 Å². The predicted molar refractivity (Wildman–Crippen MR) is 103 cm³/mol. The molecular formula is C19H20BN3O3. The van der Waals surface area contributed by atoms with Crippen molar-refractivity contribution in [2.45, 2.75) is 25.5 Å². The molecule has 2 aromatic carbocycles. The van der Waals surface area contributed by atoms with Crippen molar-refractivity contribution < 1.29 is 9.53 Å². The molecule has 26 heavy (non-hydrogen) atoms. The fourth-order valence-electron chi connectivity index (χ4n) is 3.65. The Bertz CT molecular complexity index is 850. The Morgan fingerprint density at radius 3 is 2.65 bits per heavy atom. The molecule has 1 fully saturated rings. The molecule has 1 amide bonds. The summed E-state index contributed by atoms with van der Waals surface area (Å²) in [5.41, 5.74) is 2.21. The van der Waals surface area contributed by atoms with E-state index in [4.69, 9.17) is 4.74 Å². The summed E-state index contributed by atoms with van der Waals surface area (Å²) in [6.45, 7) is 2.51. The number of benzene rings is 2. The van der Waals surface area contributed by atoms with Crippen molar-refractivity contribution in [3.05, 3.63) is 58.5 Å². The van der Waals surface area contributed by atoms with Crippen LogP contribution in [0.5, 0.6) is 5.75 Å². The molecule has 2 aliphatic heterocycles. The molecule has 4 rings (SSSR count). The number of carbonyl (C=O) groups excluding carboxylic acids is 1. The molecule has 6 nitrogen and oxygen atoms in total. The number of carbonyl (C=O) groups is 1. The van der Waals surface area contributed by atoms with E-state index in [9.17, 15) is 9.70 Å². The van der Waals surface area contributed by atoms with Crippen LogP contribution in [0.3, 0.4) is 0 Å². The lowest BCUT2D eigenvalue weighted by Crippen LogP contribution is -2.36. The summed E-state index contributed by atoms with van der Waals surface area (Å²) in [7, 11) is 2.12. The quantitative estimate of drug-likeness (QED) is 0.629. The zero-order valence-electron chi connectivity index (χ0n) is 14.7. The molecule has 1 saturated heterocycles. The lowest BCUT2D eigenvalue weighted by Gasteiger charge is -2.30. The third-order valence-electron chi connectivity index (χ3n) is 5.11. The molecule has 0 bridgehead atoms. The van der Waals surface area contributed by atoms with Gasteiger partial charge in [-0.25, -0.2) is 0 Å². The molecule has 0 aromatic heterocycles. The number of hydrogen-bond donors (Lipinski definition) is 0. The Labute approximate surface area is 153 Å². The van der Waals surface area contributed by atoms with Crippen molar-refractivity contribution in [2.24, 2.45) is 5.18 Å². The number of nitroso groups, excluding NO2 is 1. The number of ether oxygens (including phenoxy) is 1. The van der Waals surface area contributed by atoms with E-state index < -0.39 is 0 Å². The van der Waals surface area contributed by atoms with Crippen LogP contribution in [0.15, 0.2) is 47.6 Å². The van der Waals surface area contributed by atoms with Gasteiger partial charge in [0.2, 0.25) is 0 Å². The summed E-state index contributed by atoms with van der Waals surface area (Å²) < 4.78 is 6.13. The summed E-state index contributed by atoms with van der Waals surface area (Å²) in [4.78, 5) is 27.8. The fourth-order valence-corrected chi connectivity index (χ4v) is 3.65. The second-order valence-corrected chi connectivity index (χ2v) is 6.91. The van der Waals surface area contributed by atoms with Gasteiger partial charge in [0.15, 0.2) is 7.98 Å². The zero-order valence-corrected chi connectivity index (χ0v) is 14.7. The second-order valence-electron chi connectivity index (χ2n) is 6.91. The Morgan fingerprint density at radius 1 is 1.12 bits per heavy atom. The first-order chi connectivity index (χ1) is 12.7. The zero-order chi connectivity index (χ0) is 18.1. The number of piperidine rings is 1. The third-order valence-corrected chi connectivity index (χ3v) is 5.11. The second kappa shape index (κ2) is 6.92. The molecule has 0 spiro atoms. The lowest BCUT2D eigenvalue weighted by molar-refractivity contribution is 0.0997. The normalized spacial score (nSPS) is 18.0. The van der Waals surface area contributed by atoms with Gasteiger partial charge in [0.05, 0.1) is 12.1 Å². The molecule has 0 unspecified atom stereocenters. The molecule has 2 aliphatic rings. The lowest BCUT2D eigenvalue weighted by atomic mass is 10.0. The van der Waals surface area contributed by atoms with E-state index in [-0.39, 0.29) is 17.7 Å². The number of anilines is 1. The first-order valence-corrected chi connectivity index (χ1v) is 8.88. The highest BCUT2D eigenvalue weighted by atomic mass is 16.5. The van der Waals surface area contributed by atoms with Gasteiger partial charge in [0.1, 0.15) is 17.5 Å². The number of hydrogen-bond acceptors (Lipinski definition) is 5. The van der Waals surface area contributed by atoms with Crippen molar-refractivity contribution >= 4 is 25.3 Å². The molecule has 2 heterocycles. The standard InChI is InChI=1S/C19H20BN3O3/c20-22-9-7-15(8-10-22)26-16-5-2-4-14(11-16)23-12-13-3-1-6-17(21-25)18(13)19(23)24/h1-6,11,15H,7-10,12,20H2. The monoisotopic (exact) mass is 349 g/mol. The summed E-state index contributed by atoms with van der Waals surface area (Å²) in [6, 6.07) is 12.8. The molecule has 132 valence electrons. The average molecular weight is 349 g/mol. The summed E-state index contributed by atoms with van der Waals surface area (Å²) in [5, 5.41) is 3.00. The third kappa shape index (κ3) is 3.10. The van der Waals surface area contributed by atoms with Crippen LogP contribution in [0.1, 0.15) is 28.8 Å². The Balaban J connectivity index is 1.54. The van der Waals surface area contributed by atoms with Crippen LogP contribution >= 0.6 is 0 Å². The minimum atomic E-state index is -0.188. The van der Waals surface area contributed by atoms with Gasteiger partial charge in [-0.05, 0) is 54.9 Å². The van der Waals surface area contributed by atoms with Gasteiger partial charge in [-0.3, -0.25) is 4.79 Å². The maximum Gasteiger partial charge on any atom is 0.261 e. The van der Waals surface area contributed by atoms with Crippen LogP contribution in [0.25, 0.3) is 0 Å². The van der Waals surface area contributed by atoms with E-state index in [0.717, 1.165) is 42.9 Å². The van der Waals surface area contributed by atoms with Crippen LogP contribution in [0.2, 0.25) is 0 Å². The minimum absolute atomic E-state index is 0.188. The number of fused-ring (bicyclic) bond motifs is 1.